The minimum Gasteiger partial charge on any atom is -0.332 e. The molecule has 132 valence electrons. The second-order valence-corrected chi connectivity index (χ2v) is 7.04. The van der Waals surface area contributed by atoms with Gasteiger partial charge in [-0.2, -0.15) is 13.2 Å². The summed E-state index contributed by atoms with van der Waals surface area (Å²) in [6.45, 7) is 7.40. The first-order valence-electron chi connectivity index (χ1n) is 8.49. The molecule has 0 saturated carbocycles. The molecule has 0 aliphatic carbocycles. The smallest absolute Gasteiger partial charge is 0.332 e. The van der Waals surface area contributed by atoms with Crippen molar-refractivity contribution in [1.82, 2.24) is 9.80 Å². The average molecular weight is 340 g/mol. The fourth-order valence-electron chi connectivity index (χ4n) is 3.70. The number of rotatable bonds is 3. The molecule has 1 atom stereocenters. The molecule has 6 heteroatoms. The van der Waals surface area contributed by atoms with Crippen LogP contribution < -0.4 is 0 Å². The van der Waals surface area contributed by atoms with Gasteiger partial charge in [-0.1, -0.05) is 0 Å². The molecule has 1 saturated heterocycles. The van der Waals surface area contributed by atoms with E-state index in [-0.39, 0.29) is 35.7 Å². The van der Waals surface area contributed by atoms with Crippen LogP contribution in [0, 0.1) is 0 Å². The van der Waals surface area contributed by atoms with Gasteiger partial charge in [-0.05, 0) is 70.0 Å². The van der Waals surface area contributed by atoms with Crippen molar-refractivity contribution >= 4 is 5.91 Å². The summed E-state index contributed by atoms with van der Waals surface area (Å²) in [4.78, 5) is 16.2. The molecule has 1 fully saturated rings. The zero-order valence-corrected chi connectivity index (χ0v) is 14.3. The van der Waals surface area contributed by atoms with Gasteiger partial charge in [-0.15, -0.1) is 0 Å². The van der Waals surface area contributed by atoms with Crippen LogP contribution in [0.3, 0.4) is 0 Å². The number of likely N-dealkylation sites (tertiary alicyclic amines) is 1. The molecule has 2 aliphatic rings. The number of carbonyl (C=O) groups is 1. The van der Waals surface area contributed by atoms with Gasteiger partial charge in [0.2, 0.25) is 0 Å². The number of benzene rings is 1. The molecule has 1 unspecified atom stereocenters. The minimum atomic E-state index is -4.45. The third-order valence-corrected chi connectivity index (χ3v) is 5.19. The Morgan fingerprint density at radius 2 is 1.71 bits per heavy atom. The maximum absolute atomic E-state index is 13.6. The first kappa shape index (κ1) is 17.3. The lowest BCUT2D eigenvalue weighted by molar-refractivity contribution is -0.138. The second kappa shape index (κ2) is 6.06. The minimum absolute atomic E-state index is 0.0407. The molecule has 1 amide bonds. The van der Waals surface area contributed by atoms with E-state index in [4.69, 9.17) is 0 Å². The molecule has 0 radical (unpaired) electrons. The van der Waals surface area contributed by atoms with Crippen molar-refractivity contribution in [3.63, 3.8) is 0 Å². The maximum Gasteiger partial charge on any atom is 0.416 e. The Labute approximate surface area is 140 Å². The number of carbonyl (C=O) groups excluding carboxylic acids is 1. The number of halogens is 3. The van der Waals surface area contributed by atoms with Gasteiger partial charge in [0, 0.05) is 24.2 Å². The van der Waals surface area contributed by atoms with Gasteiger partial charge in [0.1, 0.15) is 0 Å². The number of fused-ring (bicyclic) bond motifs is 1. The molecule has 24 heavy (non-hydrogen) atoms. The summed E-state index contributed by atoms with van der Waals surface area (Å²) in [6.07, 6.45) is -2.30. The van der Waals surface area contributed by atoms with Crippen LogP contribution in [-0.2, 0) is 12.7 Å². The molecule has 0 N–H and O–H groups in total. The number of hydrogen-bond donors (Lipinski definition) is 0. The number of hydrogen-bond acceptors (Lipinski definition) is 2. The molecule has 3 rings (SSSR count). The van der Waals surface area contributed by atoms with Gasteiger partial charge < -0.3 is 4.90 Å². The highest BCUT2D eigenvalue weighted by atomic mass is 19.4. The third kappa shape index (κ3) is 2.92. The Bertz CT molecular complexity index is 648. The summed E-state index contributed by atoms with van der Waals surface area (Å²) in [7, 11) is 0. The van der Waals surface area contributed by atoms with Crippen LogP contribution in [0.15, 0.2) is 12.1 Å². The van der Waals surface area contributed by atoms with Gasteiger partial charge in [-0.25, -0.2) is 0 Å². The standard InChI is InChI=1S/C18H23F3N2O/c1-11(2)23-10-15-14(17(23)24)8-13(9-16(15)18(19,20)21)12(3)22-6-4-5-7-22/h8-9,11-12H,4-7,10H2,1-3H3. The van der Waals surface area contributed by atoms with Gasteiger partial charge in [0.25, 0.3) is 5.91 Å². The first-order chi connectivity index (χ1) is 11.2. The van der Waals surface area contributed by atoms with E-state index in [0.717, 1.165) is 25.9 Å². The largest absolute Gasteiger partial charge is 0.416 e. The summed E-state index contributed by atoms with van der Waals surface area (Å²) in [5.41, 5.74) is 0.276. The van der Waals surface area contributed by atoms with Gasteiger partial charge in [-0.3, -0.25) is 9.69 Å². The van der Waals surface area contributed by atoms with E-state index in [2.05, 4.69) is 4.90 Å². The molecule has 1 aromatic carbocycles. The predicted octanol–water partition coefficient (Wildman–Crippen LogP) is 4.23. The molecule has 0 aromatic heterocycles. The van der Waals surface area contributed by atoms with Crippen molar-refractivity contribution < 1.29 is 18.0 Å². The summed E-state index contributed by atoms with van der Waals surface area (Å²) >= 11 is 0. The third-order valence-electron chi connectivity index (χ3n) is 5.19. The van der Waals surface area contributed by atoms with Gasteiger partial charge in [0.05, 0.1) is 5.56 Å². The Balaban J connectivity index is 2.07. The van der Waals surface area contributed by atoms with Gasteiger partial charge >= 0.3 is 6.18 Å². The monoisotopic (exact) mass is 340 g/mol. The van der Waals surface area contributed by atoms with Crippen molar-refractivity contribution in [2.24, 2.45) is 0 Å². The van der Waals surface area contributed by atoms with Crippen LogP contribution >= 0.6 is 0 Å². The van der Waals surface area contributed by atoms with Crippen LogP contribution in [0.1, 0.15) is 66.7 Å². The van der Waals surface area contributed by atoms with E-state index in [1.165, 1.54) is 11.0 Å². The molecule has 1 aromatic rings. The quantitative estimate of drug-likeness (QED) is 0.822. The molecule has 0 spiro atoms. The van der Waals surface area contributed by atoms with Crippen LogP contribution in [0.4, 0.5) is 13.2 Å². The Hall–Kier alpha value is -1.56. The van der Waals surface area contributed by atoms with Crippen molar-refractivity contribution in [3.8, 4) is 0 Å². The summed E-state index contributed by atoms with van der Waals surface area (Å²) < 4.78 is 40.7. The lowest BCUT2D eigenvalue weighted by Crippen LogP contribution is -2.30. The average Bonchev–Trinajstić information content (AvgIpc) is 3.13. The van der Waals surface area contributed by atoms with E-state index >= 15 is 0 Å². The second-order valence-electron chi connectivity index (χ2n) is 7.04. The maximum atomic E-state index is 13.6. The van der Waals surface area contributed by atoms with Crippen molar-refractivity contribution in [2.45, 2.75) is 58.4 Å². The topological polar surface area (TPSA) is 23.6 Å². The number of alkyl halides is 3. The highest BCUT2D eigenvalue weighted by Gasteiger charge is 2.41. The van der Waals surface area contributed by atoms with Crippen LogP contribution in [0.5, 0.6) is 0 Å². The Morgan fingerprint density at radius 1 is 1.08 bits per heavy atom. The SMILES string of the molecule is CC(c1cc2c(c(C(F)(F)F)c1)CN(C(C)C)C2=O)N1CCCC1. The lowest BCUT2D eigenvalue weighted by atomic mass is 9.95. The Morgan fingerprint density at radius 3 is 2.25 bits per heavy atom. The van der Waals surface area contributed by atoms with E-state index in [9.17, 15) is 18.0 Å². The first-order valence-corrected chi connectivity index (χ1v) is 8.49. The molecule has 2 aliphatic heterocycles. The summed E-state index contributed by atoms with van der Waals surface area (Å²) in [5.74, 6) is -0.291. The summed E-state index contributed by atoms with van der Waals surface area (Å²) in [5, 5.41) is 0. The molecular formula is C18H23F3N2O. The number of nitrogens with zero attached hydrogens (tertiary/aromatic N) is 2. The zero-order valence-electron chi connectivity index (χ0n) is 14.3. The molecule has 2 heterocycles. The van der Waals surface area contributed by atoms with Crippen molar-refractivity contribution in [1.29, 1.82) is 0 Å². The highest BCUT2D eigenvalue weighted by Crippen LogP contribution is 2.40. The van der Waals surface area contributed by atoms with Gasteiger partial charge in [0.15, 0.2) is 0 Å². The molecule has 3 nitrogen and oxygen atoms in total. The zero-order chi connectivity index (χ0) is 17.6. The highest BCUT2D eigenvalue weighted by molar-refractivity contribution is 5.99. The van der Waals surface area contributed by atoms with E-state index < -0.39 is 11.7 Å². The van der Waals surface area contributed by atoms with E-state index in [1.807, 2.05) is 20.8 Å². The molecule has 0 bridgehead atoms. The molecular weight excluding hydrogens is 317 g/mol. The van der Waals surface area contributed by atoms with Crippen molar-refractivity contribution in [3.05, 3.63) is 34.4 Å². The van der Waals surface area contributed by atoms with E-state index in [0.29, 0.717) is 5.56 Å². The van der Waals surface area contributed by atoms with Crippen molar-refractivity contribution in [2.75, 3.05) is 13.1 Å². The predicted molar refractivity (Wildman–Crippen MR) is 85.7 cm³/mol. The van der Waals surface area contributed by atoms with Crippen LogP contribution in [0.2, 0.25) is 0 Å². The normalized spacial score (nSPS) is 20.1. The Kier molecular flexibility index (Phi) is 4.36. The fraction of sp³-hybridized carbons (Fsp3) is 0.611. The van der Waals surface area contributed by atoms with E-state index in [1.54, 1.807) is 6.07 Å². The summed E-state index contributed by atoms with van der Waals surface area (Å²) in [6, 6.07) is 2.70. The number of amides is 1. The van der Waals surface area contributed by atoms with Crippen LogP contribution in [-0.4, -0.2) is 34.8 Å². The fourth-order valence-corrected chi connectivity index (χ4v) is 3.70. The lowest BCUT2D eigenvalue weighted by Gasteiger charge is -2.25. The van der Waals surface area contributed by atoms with Crippen LogP contribution in [0.25, 0.3) is 0 Å².